The molecular formula is C26H27Cl2F8N3O4. The molecule has 0 aliphatic heterocycles. The van der Waals surface area contributed by atoms with Crippen molar-refractivity contribution in [1.29, 1.82) is 0 Å². The summed E-state index contributed by atoms with van der Waals surface area (Å²) in [5, 5.41) is 5.35. The van der Waals surface area contributed by atoms with E-state index in [1.807, 2.05) is 13.8 Å². The van der Waals surface area contributed by atoms with Gasteiger partial charge in [0.1, 0.15) is 24.3 Å². The van der Waals surface area contributed by atoms with Gasteiger partial charge in [0.15, 0.2) is 0 Å². The largest absolute Gasteiger partial charge is 0.487 e. The molecule has 0 radical (unpaired) electrons. The zero-order valence-corrected chi connectivity index (χ0v) is 24.5. The van der Waals surface area contributed by atoms with Gasteiger partial charge in [-0.25, -0.2) is 8.78 Å². The molecule has 17 heteroatoms. The summed E-state index contributed by atoms with van der Waals surface area (Å²) >= 11 is 12.3. The number of carbonyl (C=O) groups excluding carboxylic acids is 3. The van der Waals surface area contributed by atoms with E-state index in [0.717, 1.165) is 18.2 Å². The van der Waals surface area contributed by atoms with Crippen LogP contribution in [0.15, 0.2) is 30.3 Å². The van der Waals surface area contributed by atoms with Crippen LogP contribution in [-0.2, 0) is 11.3 Å². The molecule has 2 aromatic carbocycles. The van der Waals surface area contributed by atoms with E-state index in [-0.39, 0.29) is 21.3 Å². The predicted octanol–water partition coefficient (Wildman–Crippen LogP) is 7.41. The normalized spacial score (nSPS) is 11.8. The van der Waals surface area contributed by atoms with Crippen LogP contribution < -0.4 is 20.7 Å². The fourth-order valence-electron chi connectivity index (χ4n) is 3.00. The zero-order chi connectivity index (χ0) is 33.3. The van der Waals surface area contributed by atoms with Gasteiger partial charge in [-0.05, 0) is 43.7 Å². The van der Waals surface area contributed by atoms with Gasteiger partial charge in [-0.2, -0.15) is 26.3 Å². The molecule has 0 bridgehead atoms. The van der Waals surface area contributed by atoms with E-state index < -0.39 is 78.5 Å². The Kier molecular flexibility index (Phi) is 13.5. The highest BCUT2D eigenvalue weighted by Crippen LogP contribution is 2.38. The van der Waals surface area contributed by atoms with Crippen molar-refractivity contribution in [2.75, 3.05) is 18.5 Å². The van der Waals surface area contributed by atoms with Crippen LogP contribution >= 0.6 is 23.2 Å². The molecule has 3 amide bonds. The van der Waals surface area contributed by atoms with Crippen LogP contribution in [0.1, 0.15) is 54.0 Å². The Labute approximate surface area is 251 Å². The maximum absolute atomic E-state index is 13.1. The minimum atomic E-state index is -4.85. The van der Waals surface area contributed by atoms with E-state index in [1.54, 1.807) is 5.32 Å². The molecule has 7 nitrogen and oxygen atoms in total. The lowest BCUT2D eigenvalue weighted by molar-refractivity contribution is -0.211. The molecule has 0 fully saturated rings. The highest BCUT2D eigenvalue weighted by atomic mass is 35.5. The van der Waals surface area contributed by atoms with Gasteiger partial charge in [-0.15, -0.1) is 0 Å². The summed E-state index contributed by atoms with van der Waals surface area (Å²) in [7, 11) is 0. The van der Waals surface area contributed by atoms with Crippen molar-refractivity contribution in [3.63, 3.8) is 0 Å². The Bertz CT molecular complexity index is 1300. The molecule has 43 heavy (non-hydrogen) atoms. The van der Waals surface area contributed by atoms with Crippen molar-refractivity contribution < 1.29 is 54.2 Å². The van der Waals surface area contributed by atoms with E-state index in [9.17, 15) is 49.5 Å². The third-order valence-electron chi connectivity index (χ3n) is 5.41. The number of ether oxygens (including phenoxy) is 1. The SMILES string of the molecule is CC.CC(C)(C(=O)NCc1ccc(Cl)c(C(=O)Nc2ccc(OCC(F)F)c(C(=O)NCC(F)(F)F)c2)c1Cl)C(F)(F)F. The number of nitrogens with one attached hydrogen (secondary N) is 3. The second-order valence-corrected chi connectivity index (χ2v) is 9.65. The third kappa shape index (κ3) is 10.7. The molecule has 0 aliphatic rings. The first-order valence-electron chi connectivity index (χ1n) is 12.3. The summed E-state index contributed by atoms with van der Waals surface area (Å²) < 4.78 is 107. The Balaban J connectivity index is 0.00000452. The first-order chi connectivity index (χ1) is 19.7. The van der Waals surface area contributed by atoms with Crippen molar-refractivity contribution in [3.8, 4) is 5.75 Å². The highest BCUT2D eigenvalue weighted by Gasteiger charge is 2.52. The number of halogens is 10. The third-order valence-corrected chi connectivity index (χ3v) is 6.16. The molecule has 0 atom stereocenters. The molecule has 240 valence electrons. The smallest absolute Gasteiger partial charge is 0.405 e. The zero-order valence-electron chi connectivity index (χ0n) is 23.0. The van der Waals surface area contributed by atoms with Gasteiger partial charge in [-0.1, -0.05) is 43.1 Å². The molecule has 0 saturated carbocycles. The first-order valence-corrected chi connectivity index (χ1v) is 13.0. The average molecular weight is 668 g/mol. The number of carbonyl (C=O) groups is 3. The van der Waals surface area contributed by atoms with Gasteiger partial charge < -0.3 is 20.7 Å². The molecule has 2 rings (SSSR count). The molecule has 3 N–H and O–H groups in total. The summed E-state index contributed by atoms with van der Waals surface area (Å²) in [6, 6.07) is 5.33. The Hall–Kier alpha value is -3.33. The van der Waals surface area contributed by atoms with Crippen LogP contribution in [-0.4, -0.2) is 49.7 Å². The van der Waals surface area contributed by atoms with E-state index in [2.05, 4.69) is 10.6 Å². The van der Waals surface area contributed by atoms with Gasteiger partial charge in [0.25, 0.3) is 18.2 Å². The van der Waals surface area contributed by atoms with Crippen molar-refractivity contribution in [2.45, 2.75) is 53.0 Å². The predicted molar refractivity (Wildman–Crippen MR) is 144 cm³/mol. The van der Waals surface area contributed by atoms with E-state index >= 15 is 0 Å². The van der Waals surface area contributed by atoms with Gasteiger partial charge >= 0.3 is 12.4 Å². The van der Waals surface area contributed by atoms with Crippen LogP contribution in [0.2, 0.25) is 10.0 Å². The van der Waals surface area contributed by atoms with E-state index in [0.29, 0.717) is 13.8 Å². The fraction of sp³-hybridized carbons (Fsp3) is 0.423. The van der Waals surface area contributed by atoms with E-state index in [4.69, 9.17) is 27.9 Å². The van der Waals surface area contributed by atoms with E-state index in [1.165, 1.54) is 12.1 Å². The van der Waals surface area contributed by atoms with Crippen LogP contribution in [0, 0.1) is 5.41 Å². The molecule has 0 aromatic heterocycles. The maximum Gasteiger partial charge on any atom is 0.405 e. The van der Waals surface area contributed by atoms with Crippen LogP contribution in [0.3, 0.4) is 0 Å². The maximum atomic E-state index is 13.1. The van der Waals surface area contributed by atoms with Gasteiger partial charge in [0.05, 0.1) is 21.2 Å². The van der Waals surface area contributed by atoms with Crippen molar-refractivity contribution >= 4 is 46.6 Å². The number of alkyl halides is 8. The molecule has 0 heterocycles. The van der Waals surface area contributed by atoms with Crippen LogP contribution in [0.5, 0.6) is 5.75 Å². The Morgan fingerprint density at radius 3 is 2.05 bits per heavy atom. The highest BCUT2D eigenvalue weighted by molar-refractivity contribution is 6.40. The quantitative estimate of drug-likeness (QED) is 0.230. The minimum Gasteiger partial charge on any atom is -0.487 e. The minimum absolute atomic E-state index is 0.00973. The first kappa shape index (κ1) is 37.7. The number of benzene rings is 2. The summed E-state index contributed by atoms with van der Waals surface area (Å²) in [6.45, 7) is 1.90. The van der Waals surface area contributed by atoms with Crippen molar-refractivity contribution in [3.05, 3.63) is 57.1 Å². The molecule has 0 aliphatic carbocycles. The summed E-state index contributed by atoms with van der Waals surface area (Å²) in [4.78, 5) is 37.4. The number of anilines is 1. The summed E-state index contributed by atoms with van der Waals surface area (Å²) in [6.07, 6.45) is -12.6. The number of hydrogen-bond acceptors (Lipinski definition) is 4. The van der Waals surface area contributed by atoms with Gasteiger partial charge in [-0.3, -0.25) is 14.4 Å². The molecule has 0 spiro atoms. The molecule has 2 aromatic rings. The molecular weight excluding hydrogens is 641 g/mol. The molecule has 0 unspecified atom stereocenters. The average Bonchev–Trinajstić information content (AvgIpc) is 2.90. The molecule has 0 saturated heterocycles. The monoisotopic (exact) mass is 667 g/mol. The van der Waals surface area contributed by atoms with Crippen LogP contribution in [0.4, 0.5) is 40.8 Å². The topological polar surface area (TPSA) is 96.5 Å². The Morgan fingerprint density at radius 2 is 1.51 bits per heavy atom. The lowest BCUT2D eigenvalue weighted by Gasteiger charge is -2.26. The van der Waals surface area contributed by atoms with Gasteiger partial charge in [0, 0.05) is 12.2 Å². The number of rotatable bonds is 10. The lowest BCUT2D eigenvalue weighted by Crippen LogP contribution is -2.46. The second kappa shape index (κ2) is 15.4. The Morgan fingerprint density at radius 1 is 0.907 bits per heavy atom. The standard InChI is InChI=1S/C24H21Cl2F8N3O4.C2H6/c1-22(2,24(32,33)34)21(40)35-8-11-3-5-14(25)17(18(11)26)20(39)37-12-4-6-15(41-9-16(27)28)13(7-12)19(38)36-10-23(29,30)31;1-2/h3-7,16H,8-10H2,1-2H3,(H,35,40)(H,36,38)(H,37,39);1-2H3. The van der Waals surface area contributed by atoms with Crippen LogP contribution in [0.25, 0.3) is 0 Å². The lowest BCUT2D eigenvalue weighted by atomic mass is 9.91. The number of hydrogen-bond donors (Lipinski definition) is 3. The van der Waals surface area contributed by atoms with Crippen molar-refractivity contribution in [2.24, 2.45) is 5.41 Å². The van der Waals surface area contributed by atoms with Gasteiger partial charge in [0.2, 0.25) is 5.91 Å². The summed E-state index contributed by atoms with van der Waals surface area (Å²) in [5.74, 6) is -4.24. The van der Waals surface area contributed by atoms with Crippen molar-refractivity contribution in [1.82, 2.24) is 10.6 Å². The fourth-order valence-corrected chi connectivity index (χ4v) is 3.61. The summed E-state index contributed by atoms with van der Waals surface area (Å²) in [5.41, 5.74) is -3.95. The second-order valence-electron chi connectivity index (χ2n) is 8.87. The number of amides is 3.